The Morgan fingerprint density at radius 2 is 1.81 bits per heavy atom. The van der Waals surface area contributed by atoms with Crippen molar-refractivity contribution in [3.8, 4) is 11.5 Å². The van der Waals surface area contributed by atoms with Gasteiger partial charge in [0.15, 0.2) is 17.3 Å². The zero-order chi connectivity index (χ0) is 21.4. The summed E-state index contributed by atoms with van der Waals surface area (Å²) in [4.78, 5) is 41.7. The monoisotopic (exact) mass is 418 g/mol. The van der Waals surface area contributed by atoms with E-state index in [0.29, 0.717) is 17.2 Å². The predicted octanol–water partition coefficient (Wildman–Crippen LogP) is 2.98. The molecule has 2 aliphatic heterocycles. The van der Waals surface area contributed by atoms with Crippen molar-refractivity contribution in [3.05, 3.63) is 78.3 Å². The molecule has 0 spiro atoms. The highest BCUT2D eigenvalue weighted by Crippen LogP contribution is 2.34. The summed E-state index contributed by atoms with van der Waals surface area (Å²) in [5.41, 5.74) is 1.22. The van der Waals surface area contributed by atoms with E-state index in [1.807, 2.05) is 0 Å². The first-order chi connectivity index (χ1) is 15.1. The molecule has 1 aromatic heterocycles. The molecule has 0 saturated carbocycles. The highest BCUT2D eigenvalue weighted by molar-refractivity contribution is 6.23. The molecule has 1 saturated heterocycles. The van der Waals surface area contributed by atoms with Crippen LogP contribution in [0.25, 0.3) is 0 Å². The van der Waals surface area contributed by atoms with Gasteiger partial charge in [-0.15, -0.1) is 0 Å². The fourth-order valence-corrected chi connectivity index (χ4v) is 3.81. The van der Waals surface area contributed by atoms with E-state index in [1.54, 1.807) is 54.6 Å². The molecule has 2 aromatic carbocycles. The average Bonchev–Trinajstić information content (AvgIpc) is 3.53. The van der Waals surface area contributed by atoms with Crippen molar-refractivity contribution in [3.63, 3.8) is 0 Å². The topological polar surface area (TPSA) is 89.3 Å². The van der Waals surface area contributed by atoms with Crippen LogP contribution in [0, 0.1) is 0 Å². The Bertz CT molecular complexity index is 1140. The van der Waals surface area contributed by atoms with E-state index < -0.39 is 17.9 Å². The highest BCUT2D eigenvalue weighted by atomic mass is 16.7. The van der Waals surface area contributed by atoms with E-state index in [9.17, 15) is 14.4 Å². The highest BCUT2D eigenvalue weighted by Gasteiger charge is 2.45. The molecule has 2 aliphatic rings. The van der Waals surface area contributed by atoms with Crippen LogP contribution < -0.4 is 14.4 Å². The third-order valence-electron chi connectivity index (χ3n) is 5.30. The summed E-state index contributed by atoms with van der Waals surface area (Å²) in [6.45, 7) is 0.234. The number of amides is 3. The molecule has 5 rings (SSSR count). The maximum absolute atomic E-state index is 13.2. The van der Waals surface area contributed by atoms with Crippen LogP contribution in [0.1, 0.15) is 22.5 Å². The van der Waals surface area contributed by atoms with Gasteiger partial charge in [-0.3, -0.25) is 14.4 Å². The summed E-state index contributed by atoms with van der Waals surface area (Å²) in [6.07, 6.45) is 1.29. The van der Waals surface area contributed by atoms with Crippen molar-refractivity contribution in [1.29, 1.82) is 0 Å². The van der Waals surface area contributed by atoms with Crippen molar-refractivity contribution < 1.29 is 28.3 Å². The Hall–Kier alpha value is -4.07. The largest absolute Gasteiger partial charge is 0.459 e. The predicted molar refractivity (Wildman–Crippen MR) is 108 cm³/mol. The number of imide groups is 1. The molecule has 0 N–H and O–H groups in total. The van der Waals surface area contributed by atoms with E-state index in [1.165, 1.54) is 17.2 Å². The molecule has 0 aliphatic carbocycles. The Morgan fingerprint density at radius 1 is 1.00 bits per heavy atom. The molecular formula is C23H18N2O6. The minimum absolute atomic E-state index is 0.0964. The number of ether oxygens (including phenoxy) is 2. The minimum atomic E-state index is -0.948. The van der Waals surface area contributed by atoms with Gasteiger partial charge in [0.05, 0.1) is 18.4 Å². The molecule has 0 bridgehead atoms. The van der Waals surface area contributed by atoms with Gasteiger partial charge in [-0.1, -0.05) is 24.3 Å². The molecule has 3 amide bonds. The molecule has 156 valence electrons. The molecule has 31 heavy (non-hydrogen) atoms. The van der Waals surface area contributed by atoms with Crippen LogP contribution in [0.5, 0.6) is 11.5 Å². The van der Waals surface area contributed by atoms with Crippen LogP contribution in [-0.4, -0.2) is 35.5 Å². The van der Waals surface area contributed by atoms with E-state index >= 15 is 0 Å². The summed E-state index contributed by atoms with van der Waals surface area (Å²) in [5.74, 6) is 0.0153. The molecule has 8 nitrogen and oxygen atoms in total. The lowest BCUT2D eigenvalue weighted by molar-refractivity contribution is -0.122. The SMILES string of the molecule is O=C1CC(N(Cc2ccc3c(c2)OCO3)C(=O)c2ccco2)C(=O)N1c1ccccc1. The average molecular weight is 418 g/mol. The Morgan fingerprint density at radius 3 is 2.58 bits per heavy atom. The lowest BCUT2D eigenvalue weighted by Gasteiger charge is -2.27. The first-order valence-electron chi connectivity index (χ1n) is 9.76. The third kappa shape index (κ3) is 3.42. The second-order valence-corrected chi connectivity index (χ2v) is 7.22. The summed E-state index contributed by atoms with van der Waals surface area (Å²) in [5, 5.41) is 0. The van der Waals surface area contributed by atoms with E-state index in [0.717, 1.165) is 10.5 Å². The maximum atomic E-state index is 13.2. The van der Waals surface area contributed by atoms with Crippen molar-refractivity contribution in [2.75, 3.05) is 11.7 Å². The van der Waals surface area contributed by atoms with Gasteiger partial charge in [-0.05, 0) is 42.0 Å². The number of hydrogen-bond acceptors (Lipinski definition) is 6. The minimum Gasteiger partial charge on any atom is -0.459 e. The maximum Gasteiger partial charge on any atom is 0.290 e. The van der Waals surface area contributed by atoms with Crippen molar-refractivity contribution in [2.45, 2.75) is 19.0 Å². The smallest absolute Gasteiger partial charge is 0.290 e. The molecular weight excluding hydrogens is 400 g/mol. The molecule has 1 unspecified atom stereocenters. The standard InChI is InChI=1S/C23H18N2O6/c26-21-12-17(22(27)25(21)16-5-2-1-3-6-16)24(23(28)19-7-4-10-29-19)13-15-8-9-18-20(11-15)31-14-30-18/h1-11,17H,12-14H2. The third-order valence-corrected chi connectivity index (χ3v) is 5.30. The molecule has 0 radical (unpaired) electrons. The Kier molecular flexibility index (Phi) is 4.66. The van der Waals surface area contributed by atoms with E-state index in [4.69, 9.17) is 13.9 Å². The number of furan rings is 1. The van der Waals surface area contributed by atoms with Crippen molar-refractivity contribution >= 4 is 23.4 Å². The number of fused-ring (bicyclic) bond motifs is 1. The summed E-state index contributed by atoms with van der Waals surface area (Å²) in [7, 11) is 0. The number of nitrogens with zero attached hydrogens (tertiary/aromatic N) is 2. The van der Waals surface area contributed by atoms with Gasteiger partial charge in [0.2, 0.25) is 12.7 Å². The number of benzene rings is 2. The van der Waals surface area contributed by atoms with Gasteiger partial charge in [0.25, 0.3) is 11.8 Å². The second-order valence-electron chi connectivity index (χ2n) is 7.22. The first kappa shape index (κ1) is 18.9. The van der Waals surface area contributed by atoms with Crippen LogP contribution in [0.4, 0.5) is 5.69 Å². The molecule has 3 aromatic rings. The van der Waals surface area contributed by atoms with Gasteiger partial charge in [-0.25, -0.2) is 4.90 Å². The molecule has 8 heteroatoms. The molecule has 1 atom stereocenters. The number of carbonyl (C=O) groups excluding carboxylic acids is 3. The van der Waals surface area contributed by atoms with E-state index in [2.05, 4.69) is 0 Å². The van der Waals surface area contributed by atoms with Crippen LogP contribution in [0.2, 0.25) is 0 Å². The van der Waals surface area contributed by atoms with Gasteiger partial charge in [-0.2, -0.15) is 0 Å². The van der Waals surface area contributed by atoms with Crippen LogP contribution >= 0.6 is 0 Å². The van der Waals surface area contributed by atoms with Gasteiger partial charge >= 0.3 is 0 Å². The lowest BCUT2D eigenvalue weighted by atomic mass is 10.1. The molecule has 1 fully saturated rings. The van der Waals surface area contributed by atoms with Crippen molar-refractivity contribution in [1.82, 2.24) is 4.90 Å². The Labute approximate surface area is 177 Å². The normalized spacial score (nSPS) is 17.3. The van der Waals surface area contributed by atoms with Gasteiger partial charge < -0.3 is 18.8 Å². The van der Waals surface area contributed by atoms with Crippen LogP contribution in [-0.2, 0) is 16.1 Å². The lowest BCUT2D eigenvalue weighted by Crippen LogP contribution is -2.45. The summed E-state index contributed by atoms with van der Waals surface area (Å²) >= 11 is 0. The Balaban J connectivity index is 1.48. The number of carbonyl (C=O) groups is 3. The number of hydrogen-bond donors (Lipinski definition) is 0. The fraction of sp³-hybridized carbons (Fsp3) is 0.174. The van der Waals surface area contributed by atoms with E-state index in [-0.39, 0.29) is 31.4 Å². The first-order valence-corrected chi connectivity index (χ1v) is 9.76. The summed E-state index contributed by atoms with van der Waals surface area (Å²) < 4.78 is 16.0. The van der Waals surface area contributed by atoms with Crippen molar-refractivity contribution in [2.24, 2.45) is 0 Å². The second kappa shape index (κ2) is 7.64. The van der Waals surface area contributed by atoms with Gasteiger partial charge in [0, 0.05) is 6.54 Å². The summed E-state index contributed by atoms with van der Waals surface area (Å²) in [6, 6.07) is 16.2. The van der Waals surface area contributed by atoms with Gasteiger partial charge in [0.1, 0.15) is 6.04 Å². The van der Waals surface area contributed by atoms with Crippen LogP contribution in [0.15, 0.2) is 71.3 Å². The number of para-hydroxylation sites is 1. The zero-order valence-electron chi connectivity index (χ0n) is 16.4. The van der Waals surface area contributed by atoms with Crippen LogP contribution in [0.3, 0.4) is 0 Å². The molecule has 3 heterocycles. The number of rotatable bonds is 5. The number of anilines is 1. The fourth-order valence-electron chi connectivity index (χ4n) is 3.81. The quantitative estimate of drug-likeness (QED) is 0.592. The zero-order valence-corrected chi connectivity index (χ0v) is 16.4.